The van der Waals surface area contributed by atoms with Gasteiger partial charge in [-0.05, 0) is 91.9 Å². The normalized spacial score (nSPS) is 15.8. The predicted molar refractivity (Wildman–Crippen MR) is 143 cm³/mol. The van der Waals surface area contributed by atoms with Crippen LogP contribution in [-0.4, -0.2) is 25.4 Å². The van der Waals surface area contributed by atoms with E-state index in [0.717, 1.165) is 4.57 Å². The summed E-state index contributed by atoms with van der Waals surface area (Å²) in [7, 11) is 0. The number of hydrogen-bond donors (Lipinski definition) is 2. The second-order valence-corrected chi connectivity index (χ2v) is 7.69. The molecule has 3 heterocycles. The van der Waals surface area contributed by atoms with Crippen LogP contribution in [0.5, 0.6) is 0 Å². The molecule has 36 heavy (non-hydrogen) atoms. The van der Waals surface area contributed by atoms with Gasteiger partial charge in [-0.2, -0.15) is 0 Å². The highest BCUT2D eigenvalue weighted by Crippen LogP contribution is 2.24. The summed E-state index contributed by atoms with van der Waals surface area (Å²) in [4.78, 5) is 25.6. The van der Waals surface area contributed by atoms with Crippen molar-refractivity contribution in [2.45, 2.75) is 20.7 Å². The van der Waals surface area contributed by atoms with E-state index in [9.17, 15) is 4.79 Å². The summed E-state index contributed by atoms with van der Waals surface area (Å²) in [5, 5.41) is 5.27. The van der Waals surface area contributed by atoms with Crippen molar-refractivity contribution in [3.05, 3.63) is 114 Å². The first-order valence-electron chi connectivity index (χ1n) is 16.7. The summed E-state index contributed by atoms with van der Waals surface area (Å²) in [6.45, 7) is 0.388. The lowest BCUT2D eigenvalue weighted by molar-refractivity contribution is 0.102. The van der Waals surface area contributed by atoms with E-state index in [2.05, 4.69) is 25.6 Å². The number of carbonyl (C=O) groups excluding carboxylic acids is 1. The number of carbonyl (C=O) groups is 1. The molecule has 1 amide bonds. The van der Waals surface area contributed by atoms with Gasteiger partial charge in [0, 0.05) is 63.2 Å². The van der Waals surface area contributed by atoms with Crippen LogP contribution in [0.25, 0.3) is 16.9 Å². The number of aryl methyl sites for hydroxylation is 2. The fourth-order valence-corrected chi connectivity index (χ4v) is 3.28. The molecule has 0 bridgehead atoms. The second kappa shape index (κ2) is 9.84. The summed E-state index contributed by atoms with van der Waals surface area (Å²) in [5.74, 6) is -1.01. The third-order valence-electron chi connectivity index (χ3n) is 4.93. The van der Waals surface area contributed by atoms with Crippen molar-refractivity contribution in [2.75, 3.05) is 10.6 Å². The SMILES string of the molecule is [2H]c1nc([2H])c(-c2ccnc(Nc3cc(C(=O)Nc4c([2H])c(C)c([2H])c(-n5c([2H])cc(C)c5[2H])c4[2H])ccc3C([2H])([2H])[2H])n2)c([2H])c1[2H]. The van der Waals surface area contributed by atoms with Crippen molar-refractivity contribution in [3.63, 3.8) is 0 Å². The number of nitrogens with one attached hydrogen (secondary N) is 2. The van der Waals surface area contributed by atoms with Crippen LogP contribution in [0.1, 0.15) is 43.5 Å². The van der Waals surface area contributed by atoms with Crippen LogP contribution in [-0.2, 0) is 0 Å². The summed E-state index contributed by atoms with van der Waals surface area (Å²) in [6.07, 6.45) is -0.0133. The number of amides is 1. The first kappa shape index (κ1) is 12.8. The Morgan fingerprint density at radius 2 is 2.03 bits per heavy atom. The minimum atomic E-state index is -2.67. The van der Waals surface area contributed by atoms with E-state index in [-0.39, 0.29) is 75.4 Å². The van der Waals surface area contributed by atoms with Gasteiger partial charge < -0.3 is 15.2 Å². The maximum Gasteiger partial charge on any atom is 0.255 e. The average Bonchev–Trinajstić information content (AvgIpc) is 3.27. The Morgan fingerprint density at radius 1 is 1.11 bits per heavy atom. The molecule has 0 aliphatic rings. The van der Waals surface area contributed by atoms with Crippen LogP contribution in [0, 0.1) is 20.7 Å². The zero-order valence-electron chi connectivity index (χ0n) is 31.2. The van der Waals surface area contributed by atoms with Gasteiger partial charge in [0.1, 0.15) is 0 Å². The molecule has 0 atom stereocenters. The maximum absolute atomic E-state index is 13.6. The molecule has 7 nitrogen and oxygen atoms in total. The number of hydrogen-bond acceptors (Lipinski definition) is 5. The monoisotopic (exact) mass is 486 g/mol. The smallest absolute Gasteiger partial charge is 0.255 e. The highest BCUT2D eigenvalue weighted by atomic mass is 16.1. The Hall–Kier alpha value is -4.78. The summed E-state index contributed by atoms with van der Waals surface area (Å²) in [6, 6.07) is 4.40. The molecule has 0 saturated carbocycles. The Balaban J connectivity index is 1.55. The van der Waals surface area contributed by atoms with Crippen LogP contribution in [0.2, 0.25) is 0 Å². The number of nitrogens with zero attached hydrogens (tertiary/aromatic N) is 4. The third-order valence-corrected chi connectivity index (χ3v) is 4.93. The molecule has 5 rings (SSSR count). The molecule has 2 N–H and O–H groups in total. The lowest BCUT2D eigenvalue weighted by Gasteiger charge is -2.13. The Bertz CT molecular complexity index is 2130. The molecule has 3 aromatic heterocycles. The molecule has 0 saturated heterocycles. The van der Waals surface area contributed by atoms with Crippen LogP contribution >= 0.6 is 0 Å². The Labute approximate surface area is 226 Å². The van der Waals surface area contributed by atoms with Crippen LogP contribution in [0.4, 0.5) is 17.3 Å². The number of benzene rings is 2. The quantitative estimate of drug-likeness (QED) is 0.296. The Kier molecular flexibility index (Phi) is 3.49. The van der Waals surface area contributed by atoms with Crippen molar-refractivity contribution < 1.29 is 21.2 Å². The zero-order chi connectivity index (χ0) is 35.4. The van der Waals surface area contributed by atoms with Gasteiger partial charge in [0.25, 0.3) is 5.91 Å². The largest absolute Gasteiger partial charge is 0.324 e. The minimum Gasteiger partial charge on any atom is -0.324 e. The highest BCUT2D eigenvalue weighted by molar-refractivity contribution is 6.05. The van der Waals surface area contributed by atoms with Crippen molar-refractivity contribution in [3.8, 4) is 16.9 Å². The molecule has 0 spiro atoms. The summed E-state index contributed by atoms with van der Waals surface area (Å²) >= 11 is 0. The standard InChI is InChI=1S/C29H26N6O/c1-19-9-12-35(18-19)25-14-20(2)13-24(16-25)32-28(36)22-7-6-21(3)27(15-22)34-29-31-11-8-26(33-29)23-5-4-10-30-17-23/h4-18H,1-3H3,(H,32,36)(H,31,33,34)/i3D3,4D,5D,10D,12D,13D,14D,16D,17D,18D. The van der Waals surface area contributed by atoms with E-state index >= 15 is 0 Å². The van der Waals surface area contributed by atoms with E-state index in [1.807, 2.05) is 0 Å². The number of aromatic nitrogens is 4. The second-order valence-electron chi connectivity index (χ2n) is 7.69. The summed E-state index contributed by atoms with van der Waals surface area (Å²) in [5.41, 5.74) is -0.446. The molecule has 2 aromatic carbocycles. The van der Waals surface area contributed by atoms with Gasteiger partial charge >= 0.3 is 0 Å². The number of rotatable bonds is 6. The molecular weight excluding hydrogens is 448 g/mol. The molecule has 0 fully saturated rings. The van der Waals surface area contributed by atoms with Crippen LogP contribution in [0.3, 0.4) is 0 Å². The number of pyridine rings is 1. The zero-order valence-corrected chi connectivity index (χ0v) is 19.2. The van der Waals surface area contributed by atoms with Gasteiger partial charge in [-0.25, -0.2) is 9.97 Å². The molecule has 0 unspecified atom stereocenters. The topological polar surface area (TPSA) is 84.7 Å². The van der Waals surface area contributed by atoms with Crippen molar-refractivity contribution in [1.29, 1.82) is 0 Å². The lowest BCUT2D eigenvalue weighted by Crippen LogP contribution is -2.13. The maximum atomic E-state index is 13.6. The fourth-order valence-electron chi connectivity index (χ4n) is 3.28. The molecule has 0 radical (unpaired) electrons. The van der Waals surface area contributed by atoms with Crippen molar-refractivity contribution in [2.24, 2.45) is 0 Å². The van der Waals surface area contributed by atoms with Crippen molar-refractivity contribution in [1.82, 2.24) is 19.5 Å². The molecule has 0 aliphatic heterocycles. The van der Waals surface area contributed by atoms with Gasteiger partial charge in [-0.1, -0.05) is 6.07 Å². The average molecular weight is 487 g/mol. The lowest BCUT2D eigenvalue weighted by atomic mass is 10.1. The molecule has 0 aliphatic carbocycles. The summed E-state index contributed by atoms with van der Waals surface area (Å²) < 4.78 is 99.4. The van der Waals surface area contributed by atoms with E-state index in [4.69, 9.17) is 16.4 Å². The van der Waals surface area contributed by atoms with Gasteiger partial charge in [0.2, 0.25) is 5.95 Å². The van der Waals surface area contributed by atoms with E-state index in [1.165, 1.54) is 43.5 Å². The van der Waals surface area contributed by atoms with Gasteiger partial charge in [-0.15, -0.1) is 0 Å². The minimum absolute atomic E-state index is 0.00681. The molecular formula is C29H26N6O. The molecule has 5 aromatic rings. The van der Waals surface area contributed by atoms with Crippen molar-refractivity contribution >= 4 is 23.2 Å². The van der Waals surface area contributed by atoms with Gasteiger partial charge in [-0.3, -0.25) is 9.78 Å². The van der Waals surface area contributed by atoms with Gasteiger partial charge in [0.15, 0.2) is 0 Å². The third kappa shape index (κ3) is 5.15. The van der Waals surface area contributed by atoms with E-state index in [1.54, 1.807) is 6.92 Å². The van der Waals surface area contributed by atoms with E-state index < -0.39 is 43.2 Å². The number of anilines is 3. The molecule has 178 valence electrons. The molecule has 7 heteroatoms. The van der Waals surface area contributed by atoms with Crippen LogP contribution in [0.15, 0.2) is 91.4 Å². The van der Waals surface area contributed by atoms with Gasteiger partial charge in [0.05, 0.1) is 18.0 Å². The first-order valence-corrected chi connectivity index (χ1v) is 10.7. The highest BCUT2D eigenvalue weighted by Gasteiger charge is 2.12. The fraction of sp³-hybridized carbons (Fsp3) is 0.103. The Morgan fingerprint density at radius 3 is 2.86 bits per heavy atom. The first-order chi connectivity index (χ1) is 22.4. The van der Waals surface area contributed by atoms with Crippen LogP contribution < -0.4 is 10.6 Å². The van der Waals surface area contributed by atoms with E-state index in [0.29, 0.717) is 5.56 Å². The predicted octanol–water partition coefficient (Wildman–Crippen LogP) is 6.25.